The van der Waals surface area contributed by atoms with E-state index in [0.717, 1.165) is 81.9 Å². The highest BCUT2D eigenvalue weighted by Crippen LogP contribution is 2.25. The van der Waals surface area contributed by atoms with Crippen molar-refractivity contribution in [3.05, 3.63) is 81.6 Å². The molecule has 9 nitrogen and oxygen atoms in total. The fourth-order valence-electron chi connectivity index (χ4n) is 6.23. The fraction of sp³-hybridized carbons (Fsp3) is 0.441. The first kappa shape index (κ1) is 30.8. The van der Waals surface area contributed by atoms with Crippen LogP contribution in [0.4, 0.5) is 11.4 Å². The van der Waals surface area contributed by atoms with Gasteiger partial charge in [-0.1, -0.05) is 24.6 Å². The summed E-state index contributed by atoms with van der Waals surface area (Å²) in [6, 6.07) is 12.3. The number of carbonyl (C=O) groups is 2. The van der Waals surface area contributed by atoms with Crippen molar-refractivity contribution in [3.63, 3.8) is 0 Å². The van der Waals surface area contributed by atoms with Gasteiger partial charge in [0.15, 0.2) is 0 Å². The minimum atomic E-state index is -0.329. The zero-order valence-electron chi connectivity index (χ0n) is 25.3. The van der Waals surface area contributed by atoms with Crippen molar-refractivity contribution in [1.82, 2.24) is 9.80 Å². The van der Waals surface area contributed by atoms with Crippen molar-refractivity contribution in [2.75, 3.05) is 63.0 Å². The highest BCUT2D eigenvalue weighted by Gasteiger charge is 2.21. The van der Waals surface area contributed by atoms with Gasteiger partial charge in [-0.15, -0.1) is 0 Å². The molecule has 6 N–H and O–H groups in total. The second-order valence-corrected chi connectivity index (χ2v) is 11.6. The van der Waals surface area contributed by atoms with Crippen LogP contribution in [0.1, 0.15) is 42.0 Å². The first-order valence-corrected chi connectivity index (χ1v) is 15.6. The molecule has 0 atom stereocenters. The topological polar surface area (TPSA) is 129 Å². The lowest BCUT2D eigenvalue weighted by atomic mass is 10.0. The van der Waals surface area contributed by atoms with E-state index in [1.165, 1.54) is 22.3 Å². The minimum absolute atomic E-state index is 0.222. The number of allylic oxidation sites excluding steroid dienone is 1. The van der Waals surface area contributed by atoms with Crippen LogP contribution in [-0.4, -0.2) is 80.2 Å². The lowest BCUT2D eigenvalue weighted by Crippen LogP contribution is -2.31. The van der Waals surface area contributed by atoms with Crippen LogP contribution in [0.5, 0.6) is 0 Å². The smallest absolute Gasteiger partial charge is 0.274 e. The number of fused-ring (bicyclic) bond motifs is 2. The van der Waals surface area contributed by atoms with E-state index in [9.17, 15) is 9.59 Å². The predicted octanol–water partition coefficient (Wildman–Crippen LogP) is 3.05. The molecule has 228 valence electrons. The maximum Gasteiger partial charge on any atom is 0.274 e. The molecular formula is C34H45N7O2. The van der Waals surface area contributed by atoms with Gasteiger partial charge < -0.3 is 31.9 Å². The lowest BCUT2D eigenvalue weighted by Gasteiger charge is -2.17. The Balaban J connectivity index is 1.29. The van der Waals surface area contributed by atoms with E-state index in [1.54, 1.807) is 12.3 Å². The van der Waals surface area contributed by atoms with E-state index >= 15 is 0 Å². The van der Waals surface area contributed by atoms with Crippen LogP contribution in [0.15, 0.2) is 64.3 Å². The summed E-state index contributed by atoms with van der Waals surface area (Å²) in [7, 11) is 0. The molecule has 0 unspecified atom stereocenters. The average Bonchev–Trinajstić information content (AvgIpc) is 3.44. The molecule has 0 bridgehead atoms. The highest BCUT2D eigenvalue weighted by molar-refractivity contribution is 6.11. The van der Waals surface area contributed by atoms with E-state index < -0.39 is 0 Å². The molecule has 0 fully saturated rings. The third-order valence-electron chi connectivity index (χ3n) is 8.74. The normalized spacial score (nSPS) is 17.7. The summed E-state index contributed by atoms with van der Waals surface area (Å²) in [6.07, 6.45) is 8.36. The number of benzene rings is 2. The van der Waals surface area contributed by atoms with Gasteiger partial charge in [0.2, 0.25) is 0 Å². The summed E-state index contributed by atoms with van der Waals surface area (Å²) in [5.41, 5.74) is 19.8. The summed E-state index contributed by atoms with van der Waals surface area (Å²) in [6.45, 7) is 9.04. The number of anilines is 2. The Labute approximate surface area is 255 Å². The van der Waals surface area contributed by atoms with Crippen LogP contribution in [0, 0.1) is 0 Å². The molecular weight excluding hydrogens is 538 g/mol. The van der Waals surface area contributed by atoms with Gasteiger partial charge >= 0.3 is 0 Å². The van der Waals surface area contributed by atoms with Crippen molar-refractivity contribution in [3.8, 4) is 0 Å². The molecule has 0 spiro atoms. The largest absolute Gasteiger partial charge is 0.329 e. The van der Waals surface area contributed by atoms with Gasteiger partial charge in [-0.25, -0.2) is 0 Å². The SMILES string of the molecule is CCC1=C(C(=O)Nc2ccc3c(c2)CCN(CCN)CC3)C=C(C(=O)Nc2ccc3c(c2)CCN(CCN)CC3)N=CC1. The maximum atomic E-state index is 13.6. The third-order valence-corrected chi connectivity index (χ3v) is 8.74. The Kier molecular flexibility index (Phi) is 10.5. The van der Waals surface area contributed by atoms with Crippen LogP contribution >= 0.6 is 0 Å². The quantitative estimate of drug-likeness (QED) is 0.359. The lowest BCUT2D eigenvalue weighted by molar-refractivity contribution is -0.113. The number of hydrogen-bond donors (Lipinski definition) is 4. The van der Waals surface area contributed by atoms with E-state index in [2.05, 4.69) is 49.7 Å². The number of aliphatic imine (C=N–C) groups is 1. The zero-order valence-corrected chi connectivity index (χ0v) is 25.3. The number of rotatable bonds is 9. The first-order chi connectivity index (χ1) is 21.0. The summed E-state index contributed by atoms with van der Waals surface area (Å²) >= 11 is 0. The van der Waals surface area contributed by atoms with Crippen molar-refractivity contribution in [1.29, 1.82) is 0 Å². The molecule has 3 heterocycles. The van der Waals surface area contributed by atoms with E-state index in [4.69, 9.17) is 11.5 Å². The summed E-state index contributed by atoms with van der Waals surface area (Å²) in [4.78, 5) is 36.2. The second-order valence-electron chi connectivity index (χ2n) is 11.6. The van der Waals surface area contributed by atoms with Crippen LogP contribution in [0.3, 0.4) is 0 Å². The number of amides is 2. The van der Waals surface area contributed by atoms with Gasteiger partial charge in [-0.3, -0.25) is 14.6 Å². The Morgan fingerprint density at radius 3 is 1.79 bits per heavy atom. The summed E-state index contributed by atoms with van der Waals surface area (Å²) < 4.78 is 0. The average molecular weight is 584 g/mol. The Bertz CT molecular complexity index is 1430. The highest BCUT2D eigenvalue weighted by atomic mass is 16.2. The molecule has 0 aromatic heterocycles. The van der Waals surface area contributed by atoms with Gasteiger partial charge in [0.1, 0.15) is 5.70 Å². The number of hydrogen-bond acceptors (Lipinski definition) is 7. The Hall–Kier alpha value is -3.63. The van der Waals surface area contributed by atoms with Gasteiger partial charge in [0.25, 0.3) is 11.8 Å². The van der Waals surface area contributed by atoms with Crippen molar-refractivity contribution >= 4 is 29.4 Å². The molecule has 2 aromatic rings. The second kappa shape index (κ2) is 14.7. The van der Waals surface area contributed by atoms with Crippen LogP contribution in [-0.2, 0) is 35.3 Å². The van der Waals surface area contributed by atoms with Crippen molar-refractivity contribution in [2.45, 2.75) is 45.4 Å². The Morgan fingerprint density at radius 2 is 1.28 bits per heavy atom. The standard InChI is InChI=1S/C34H45N7O2/c1-2-24-7-14-37-32(34(43)39-30-6-4-26-9-16-41(20-13-36)18-11-28(26)22-30)23-31(24)33(42)38-29-5-3-25-8-15-40(19-12-35)17-10-27(25)21-29/h3-6,14,21-23H,2,7-13,15-20,35-36H2,1H3,(H,38,42)(H,39,43). The molecule has 3 aliphatic rings. The molecule has 2 aromatic carbocycles. The zero-order chi connectivity index (χ0) is 30.2. The fourth-order valence-corrected chi connectivity index (χ4v) is 6.23. The maximum absolute atomic E-state index is 13.6. The van der Waals surface area contributed by atoms with Crippen LogP contribution < -0.4 is 22.1 Å². The molecule has 9 heteroatoms. The predicted molar refractivity (Wildman–Crippen MR) is 174 cm³/mol. The van der Waals surface area contributed by atoms with E-state index in [1.807, 2.05) is 19.1 Å². The third kappa shape index (κ3) is 7.86. The molecule has 43 heavy (non-hydrogen) atoms. The van der Waals surface area contributed by atoms with Crippen LogP contribution in [0.25, 0.3) is 0 Å². The van der Waals surface area contributed by atoms with E-state index in [-0.39, 0.29) is 17.5 Å². The van der Waals surface area contributed by atoms with E-state index in [0.29, 0.717) is 31.5 Å². The van der Waals surface area contributed by atoms with Crippen molar-refractivity contribution < 1.29 is 9.59 Å². The van der Waals surface area contributed by atoms with Gasteiger partial charge in [0.05, 0.1) is 0 Å². The number of nitrogens with two attached hydrogens (primary N) is 2. The number of nitrogens with one attached hydrogen (secondary N) is 2. The minimum Gasteiger partial charge on any atom is -0.329 e. The number of nitrogens with zero attached hydrogens (tertiary/aromatic N) is 3. The number of carbonyl (C=O) groups excluding carboxylic acids is 2. The summed E-state index contributed by atoms with van der Waals surface area (Å²) in [5, 5.41) is 6.12. The first-order valence-electron chi connectivity index (χ1n) is 15.6. The molecule has 0 saturated carbocycles. The molecule has 0 aliphatic carbocycles. The Morgan fingerprint density at radius 1 is 0.767 bits per heavy atom. The van der Waals surface area contributed by atoms with Crippen molar-refractivity contribution in [2.24, 2.45) is 16.5 Å². The molecule has 2 amide bonds. The summed E-state index contributed by atoms with van der Waals surface area (Å²) in [5.74, 6) is -0.553. The van der Waals surface area contributed by atoms with Gasteiger partial charge in [-0.2, -0.15) is 0 Å². The molecule has 5 rings (SSSR count). The van der Waals surface area contributed by atoms with Crippen LogP contribution in [0.2, 0.25) is 0 Å². The van der Waals surface area contributed by atoms with Gasteiger partial charge in [0, 0.05) is 81.9 Å². The molecule has 0 radical (unpaired) electrons. The monoisotopic (exact) mass is 583 g/mol. The van der Waals surface area contributed by atoms with Gasteiger partial charge in [-0.05, 0) is 84.7 Å². The molecule has 0 saturated heterocycles. The molecule has 3 aliphatic heterocycles.